The molecular weight excluding hydrogens is 330 g/mol. The molecule has 2 heterocycles. The van der Waals surface area contributed by atoms with Crippen LogP contribution < -0.4 is 19.9 Å². The predicted molar refractivity (Wildman–Crippen MR) is 102 cm³/mol. The van der Waals surface area contributed by atoms with E-state index in [1.807, 2.05) is 26.0 Å². The zero-order valence-corrected chi connectivity index (χ0v) is 15.5. The van der Waals surface area contributed by atoms with Crippen LogP contribution in [0.1, 0.15) is 24.3 Å². The molecule has 2 aromatic rings. The summed E-state index contributed by atoms with van der Waals surface area (Å²) in [5, 5.41) is 2.86. The van der Waals surface area contributed by atoms with Gasteiger partial charge in [-0.25, -0.2) is 9.97 Å². The topological polar surface area (TPSA) is 70.6 Å². The molecule has 1 aliphatic rings. The highest BCUT2D eigenvalue weighted by Gasteiger charge is 2.20. The van der Waals surface area contributed by atoms with Crippen molar-refractivity contribution < 1.29 is 9.53 Å². The fourth-order valence-electron chi connectivity index (χ4n) is 2.97. The van der Waals surface area contributed by atoms with Gasteiger partial charge in [-0.3, -0.25) is 4.79 Å². The second-order valence-corrected chi connectivity index (χ2v) is 6.56. The van der Waals surface area contributed by atoms with Crippen molar-refractivity contribution in [1.82, 2.24) is 15.3 Å². The average molecular weight is 355 g/mol. The highest BCUT2D eigenvalue weighted by Crippen LogP contribution is 2.22. The van der Waals surface area contributed by atoms with Crippen molar-refractivity contribution >= 4 is 17.4 Å². The number of piperazine rings is 1. The predicted octanol–water partition coefficient (Wildman–Crippen LogP) is 1.95. The van der Waals surface area contributed by atoms with Crippen molar-refractivity contribution in [3.63, 3.8) is 0 Å². The third kappa shape index (κ3) is 4.22. The molecule has 7 heteroatoms. The molecule has 1 aliphatic heterocycles. The molecule has 3 rings (SSSR count). The smallest absolute Gasteiger partial charge is 0.270 e. The molecular formula is C19H25N5O2. The van der Waals surface area contributed by atoms with Crippen LogP contribution in [0.3, 0.4) is 0 Å². The number of aromatic nitrogens is 2. The van der Waals surface area contributed by atoms with Crippen LogP contribution in [-0.2, 0) is 0 Å². The minimum Gasteiger partial charge on any atom is -0.497 e. The molecule has 0 spiro atoms. The molecule has 1 aromatic heterocycles. The third-order valence-electron chi connectivity index (χ3n) is 4.35. The molecule has 26 heavy (non-hydrogen) atoms. The van der Waals surface area contributed by atoms with Gasteiger partial charge in [-0.2, -0.15) is 0 Å². The first-order valence-electron chi connectivity index (χ1n) is 8.83. The maximum Gasteiger partial charge on any atom is 0.270 e. The van der Waals surface area contributed by atoms with Crippen LogP contribution >= 0.6 is 0 Å². The second kappa shape index (κ2) is 8.03. The Morgan fingerprint density at radius 3 is 2.35 bits per heavy atom. The van der Waals surface area contributed by atoms with E-state index >= 15 is 0 Å². The lowest BCUT2D eigenvalue weighted by molar-refractivity contribution is 0.0938. The fraction of sp³-hybridized carbons (Fsp3) is 0.421. The number of nitrogens with one attached hydrogen (secondary N) is 1. The molecule has 138 valence electrons. The van der Waals surface area contributed by atoms with Crippen LogP contribution in [0.2, 0.25) is 0 Å². The van der Waals surface area contributed by atoms with Crippen molar-refractivity contribution in [2.45, 2.75) is 19.9 Å². The van der Waals surface area contributed by atoms with Crippen LogP contribution in [0.4, 0.5) is 11.5 Å². The van der Waals surface area contributed by atoms with E-state index < -0.39 is 0 Å². The summed E-state index contributed by atoms with van der Waals surface area (Å²) in [5.74, 6) is 1.49. The zero-order valence-electron chi connectivity index (χ0n) is 15.5. The van der Waals surface area contributed by atoms with Crippen molar-refractivity contribution in [3.8, 4) is 5.75 Å². The lowest BCUT2D eigenvalue weighted by atomic mass is 10.2. The zero-order chi connectivity index (χ0) is 18.5. The quantitative estimate of drug-likeness (QED) is 0.884. The monoisotopic (exact) mass is 355 g/mol. The van der Waals surface area contributed by atoms with Gasteiger partial charge in [0.05, 0.1) is 7.11 Å². The standard InChI is InChI=1S/C19H25N5O2/c1-14(2)22-19(25)17-12-18(21-13-20-17)24-10-8-23(9-11-24)15-4-6-16(26-3)7-5-15/h4-7,12-14H,8-11H2,1-3H3,(H,22,25). The van der Waals surface area contributed by atoms with E-state index in [9.17, 15) is 4.79 Å². The Kier molecular flexibility index (Phi) is 5.55. The first kappa shape index (κ1) is 18.0. The Bertz CT molecular complexity index is 740. The maximum atomic E-state index is 12.1. The van der Waals surface area contributed by atoms with Crippen LogP contribution in [0, 0.1) is 0 Å². The number of benzene rings is 1. The molecule has 0 saturated carbocycles. The van der Waals surface area contributed by atoms with Crippen LogP contribution in [0.5, 0.6) is 5.75 Å². The van der Waals surface area contributed by atoms with E-state index in [4.69, 9.17) is 4.74 Å². The Hall–Kier alpha value is -2.83. The molecule has 1 fully saturated rings. The number of rotatable bonds is 5. The van der Waals surface area contributed by atoms with E-state index in [0.29, 0.717) is 5.69 Å². The molecule has 0 unspecified atom stereocenters. The number of hydrogen-bond donors (Lipinski definition) is 1. The van der Waals surface area contributed by atoms with Gasteiger partial charge in [0.1, 0.15) is 23.6 Å². The van der Waals surface area contributed by atoms with Crippen LogP contribution in [0.25, 0.3) is 0 Å². The van der Waals surface area contributed by atoms with E-state index in [-0.39, 0.29) is 11.9 Å². The number of carbonyl (C=O) groups excluding carboxylic acids is 1. The summed E-state index contributed by atoms with van der Waals surface area (Å²) in [6, 6.07) is 9.95. The molecule has 1 aromatic carbocycles. The molecule has 1 N–H and O–H groups in total. The second-order valence-electron chi connectivity index (χ2n) is 6.56. The lowest BCUT2D eigenvalue weighted by Crippen LogP contribution is -2.47. The summed E-state index contributed by atoms with van der Waals surface area (Å²) in [5.41, 5.74) is 1.59. The van der Waals surface area contributed by atoms with E-state index in [2.05, 4.69) is 37.2 Å². The highest BCUT2D eigenvalue weighted by molar-refractivity contribution is 5.93. The van der Waals surface area contributed by atoms with Gasteiger partial charge in [0, 0.05) is 44.0 Å². The summed E-state index contributed by atoms with van der Waals surface area (Å²) < 4.78 is 5.21. The minimum absolute atomic E-state index is 0.0777. The van der Waals surface area contributed by atoms with E-state index in [1.165, 1.54) is 12.0 Å². The number of anilines is 2. The van der Waals surface area contributed by atoms with Crippen molar-refractivity contribution in [2.24, 2.45) is 0 Å². The van der Waals surface area contributed by atoms with Gasteiger partial charge in [-0.15, -0.1) is 0 Å². The van der Waals surface area contributed by atoms with E-state index in [0.717, 1.165) is 37.7 Å². The van der Waals surface area contributed by atoms with Gasteiger partial charge >= 0.3 is 0 Å². The number of methoxy groups -OCH3 is 1. The first-order chi connectivity index (χ1) is 12.6. The Morgan fingerprint density at radius 2 is 1.73 bits per heavy atom. The van der Waals surface area contributed by atoms with E-state index in [1.54, 1.807) is 13.2 Å². The molecule has 1 amide bonds. The van der Waals surface area contributed by atoms with Crippen molar-refractivity contribution in [1.29, 1.82) is 0 Å². The molecule has 1 saturated heterocycles. The number of hydrogen-bond acceptors (Lipinski definition) is 6. The summed E-state index contributed by atoms with van der Waals surface area (Å²) in [7, 11) is 1.67. The van der Waals surface area contributed by atoms with Crippen molar-refractivity contribution in [2.75, 3.05) is 43.1 Å². The molecule has 0 radical (unpaired) electrons. The number of carbonyl (C=O) groups is 1. The summed E-state index contributed by atoms with van der Waals surface area (Å²) in [6.07, 6.45) is 1.46. The third-order valence-corrected chi connectivity index (χ3v) is 4.35. The van der Waals surface area contributed by atoms with Gasteiger partial charge < -0.3 is 19.9 Å². The minimum atomic E-state index is -0.166. The summed E-state index contributed by atoms with van der Waals surface area (Å²) >= 11 is 0. The number of amides is 1. The van der Waals surface area contributed by atoms with Crippen LogP contribution in [0.15, 0.2) is 36.7 Å². The normalized spacial score (nSPS) is 14.5. The number of nitrogens with zero attached hydrogens (tertiary/aromatic N) is 4. The SMILES string of the molecule is COc1ccc(N2CCN(c3cc(C(=O)NC(C)C)ncn3)CC2)cc1. The molecule has 0 bridgehead atoms. The van der Waals surface area contributed by atoms with Crippen LogP contribution in [-0.4, -0.2) is 55.2 Å². The average Bonchev–Trinajstić information content (AvgIpc) is 2.68. The number of ether oxygens (including phenoxy) is 1. The van der Waals surface area contributed by atoms with Gasteiger partial charge in [0.15, 0.2) is 0 Å². The lowest BCUT2D eigenvalue weighted by Gasteiger charge is -2.36. The first-order valence-corrected chi connectivity index (χ1v) is 8.83. The van der Waals surface area contributed by atoms with Crippen molar-refractivity contribution in [3.05, 3.63) is 42.4 Å². The highest BCUT2D eigenvalue weighted by atomic mass is 16.5. The molecule has 0 atom stereocenters. The van der Waals surface area contributed by atoms with Gasteiger partial charge in [-0.1, -0.05) is 0 Å². The Morgan fingerprint density at radius 1 is 1.08 bits per heavy atom. The molecule has 0 aliphatic carbocycles. The summed E-state index contributed by atoms with van der Waals surface area (Å²) in [4.78, 5) is 25.1. The van der Waals surface area contributed by atoms with Gasteiger partial charge in [0.2, 0.25) is 0 Å². The summed E-state index contributed by atoms with van der Waals surface area (Å²) in [6.45, 7) is 7.33. The molecule has 7 nitrogen and oxygen atoms in total. The van der Waals surface area contributed by atoms with Gasteiger partial charge in [0.25, 0.3) is 5.91 Å². The maximum absolute atomic E-state index is 12.1. The van der Waals surface area contributed by atoms with Gasteiger partial charge in [-0.05, 0) is 38.1 Å². The largest absolute Gasteiger partial charge is 0.497 e. The fourth-order valence-corrected chi connectivity index (χ4v) is 2.97. The Labute approximate surface area is 154 Å². The Balaban J connectivity index is 1.63.